The van der Waals surface area contributed by atoms with Gasteiger partial charge in [-0.15, -0.1) is 11.6 Å². The summed E-state index contributed by atoms with van der Waals surface area (Å²) in [6, 6.07) is 0. The molecule has 0 saturated heterocycles. The topological polar surface area (TPSA) is 20.2 Å². The number of alkyl halides is 2. The monoisotopic (exact) mass is 142 g/mol. The summed E-state index contributed by atoms with van der Waals surface area (Å²) in [5.41, 5.74) is -0.785. The van der Waals surface area contributed by atoms with E-state index in [4.69, 9.17) is 28.3 Å². The minimum absolute atomic E-state index is 0.0347. The molecule has 0 heterocycles. The summed E-state index contributed by atoms with van der Waals surface area (Å²) in [5.74, 6) is 0. The van der Waals surface area contributed by atoms with Gasteiger partial charge in [-0.25, -0.2) is 0 Å². The largest absolute Gasteiger partial charge is 0.378 e. The molecule has 0 fully saturated rings. The van der Waals surface area contributed by atoms with Gasteiger partial charge < -0.3 is 5.11 Å². The molecule has 0 aliphatic carbocycles. The standard InChI is InChI=1S/C4H8Cl2O/c1-3(5)2-4(6)7/h3-4,7H,2H2,1H3. The number of halogens is 2. The van der Waals surface area contributed by atoms with Crippen LogP contribution in [0.2, 0.25) is 0 Å². The minimum atomic E-state index is -0.785. The highest BCUT2D eigenvalue weighted by atomic mass is 35.5. The van der Waals surface area contributed by atoms with Crippen molar-refractivity contribution in [2.45, 2.75) is 24.3 Å². The number of rotatable bonds is 2. The molecule has 2 unspecified atom stereocenters. The minimum Gasteiger partial charge on any atom is -0.378 e. The molecule has 0 saturated carbocycles. The molecule has 0 radical (unpaired) electrons. The highest BCUT2D eigenvalue weighted by Gasteiger charge is 2.01. The molecule has 0 aromatic rings. The van der Waals surface area contributed by atoms with E-state index in [0.29, 0.717) is 6.42 Å². The molecular weight excluding hydrogens is 135 g/mol. The number of hydrogen-bond acceptors (Lipinski definition) is 1. The third kappa shape index (κ3) is 6.54. The van der Waals surface area contributed by atoms with Crippen LogP contribution in [-0.4, -0.2) is 16.0 Å². The Hall–Kier alpha value is 0.540. The average molecular weight is 143 g/mol. The third-order valence-electron chi connectivity index (χ3n) is 0.519. The summed E-state index contributed by atoms with van der Waals surface area (Å²) in [5, 5.41) is 8.37. The maximum Gasteiger partial charge on any atom is 0.129 e. The Balaban J connectivity index is 2.95. The van der Waals surface area contributed by atoms with Crippen LogP contribution >= 0.6 is 23.2 Å². The third-order valence-corrected chi connectivity index (χ3v) is 0.876. The first-order chi connectivity index (χ1) is 3.13. The number of aliphatic hydroxyl groups excluding tert-OH is 1. The van der Waals surface area contributed by atoms with Crippen molar-refractivity contribution in [3.05, 3.63) is 0 Å². The molecule has 0 aromatic heterocycles. The zero-order chi connectivity index (χ0) is 5.86. The van der Waals surface area contributed by atoms with Crippen molar-refractivity contribution in [2.75, 3.05) is 0 Å². The lowest BCUT2D eigenvalue weighted by molar-refractivity contribution is 0.245. The van der Waals surface area contributed by atoms with Gasteiger partial charge in [-0.2, -0.15) is 0 Å². The normalized spacial score (nSPS) is 18.9. The van der Waals surface area contributed by atoms with Gasteiger partial charge in [0.2, 0.25) is 0 Å². The van der Waals surface area contributed by atoms with Gasteiger partial charge in [-0.3, -0.25) is 0 Å². The summed E-state index contributed by atoms with van der Waals surface area (Å²) >= 11 is 10.6. The van der Waals surface area contributed by atoms with Crippen molar-refractivity contribution in [3.63, 3.8) is 0 Å². The average Bonchev–Trinajstić information content (AvgIpc) is 1.27. The van der Waals surface area contributed by atoms with E-state index in [1.807, 2.05) is 0 Å². The lowest BCUT2D eigenvalue weighted by Crippen LogP contribution is -2.02. The molecule has 1 N–H and O–H groups in total. The summed E-state index contributed by atoms with van der Waals surface area (Å²) in [6.45, 7) is 1.78. The van der Waals surface area contributed by atoms with Crippen LogP contribution in [0.15, 0.2) is 0 Å². The molecular formula is C4H8Cl2O. The first-order valence-corrected chi connectivity index (χ1v) is 2.96. The molecule has 0 amide bonds. The van der Waals surface area contributed by atoms with E-state index in [9.17, 15) is 0 Å². The van der Waals surface area contributed by atoms with Crippen molar-refractivity contribution in [3.8, 4) is 0 Å². The molecule has 1 nitrogen and oxygen atoms in total. The number of hydrogen-bond donors (Lipinski definition) is 1. The molecule has 7 heavy (non-hydrogen) atoms. The predicted octanol–water partition coefficient (Wildman–Crippen LogP) is 1.56. The summed E-state index contributed by atoms with van der Waals surface area (Å²) < 4.78 is 0. The first kappa shape index (κ1) is 7.54. The summed E-state index contributed by atoms with van der Waals surface area (Å²) in [7, 11) is 0. The van der Waals surface area contributed by atoms with Gasteiger partial charge in [0, 0.05) is 11.8 Å². The molecule has 0 aliphatic rings. The lowest BCUT2D eigenvalue weighted by Gasteiger charge is -2.00. The second-order valence-corrected chi connectivity index (χ2v) is 2.70. The van der Waals surface area contributed by atoms with Crippen LogP contribution in [0.1, 0.15) is 13.3 Å². The fraction of sp³-hybridized carbons (Fsp3) is 1.00. The molecule has 0 aliphatic heterocycles. The van der Waals surface area contributed by atoms with E-state index in [1.54, 1.807) is 6.92 Å². The smallest absolute Gasteiger partial charge is 0.129 e. The number of aliphatic hydroxyl groups is 1. The molecule has 0 aromatic carbocycles. The summed E-state index contributed by atoms with van der Waals surface area (Å²) in [6.07, 6.45) is 0.448. The van der Waals surface area contributed by atoms with Crippen LogP contribution in [0, 0.1) is 0 Å². The van der Waals surface area contributed by atoms with E-state index in [-0.39, 0.29) is 5.38 Å². The van der Waals surface area contributed by atoms with Crippen molar-refractivity contribution < 1.29 is 5.11 Å². The Kier molecular flexibility index (Phi) is 3.80. The van der Waals surface area contributed by atoms with Crippen molar-refractivity contribution in [2.24, 2.45) is 0 Å². The Morgan fingerprint density at radius 3 is 2.00 bits per heavy atom. The second kappa shape index (κ2) is 3.53. The van der Waals surface area contributed by atoms with Crippen molar-refractivity contribution in [1.29, 1.82) is 0 Å². The van der Waals surface area contributed by atoms with E-state index < -0.39 is 5.56 Å². The Labute approximate surface area is 53.2 Å². The molecule has 2 atom stereocenters. The van der Waals surface area contributed by atoms with Gasteiger partial charge >= 0.3 is 0 Å². The van der Waals surface area contributed by atoms with Crippen molar-refractivity contribution in [1.82, 2.24) is 0 Å². The van der Waals surface area contributed by atoms with Gasteiger partial charge in [0.05, 0.1) is 0 Å². The van der Waals surface area contributed by atoms with Crippen LogP contribution in [0.25, 0.3) is 0 Å². The predicted molar refractivity (Wildman–Crippen MR) is 31.8 cm³/mol. The quantitative estimate of drug-likeness (QED) is 0.581. The lowest BCUT2D eigenvalue weighted by atomic mass is 10.3. The first-order valence-electron chi connectivity index (χ1n) is 2.09. The van der Waals surface area contributed by atoms with Gasteiger partial charge in [0.25, 0.3) is 0 Å². The fourth-order valence-electron chi connectivity index (χ4n) is 0.268. The Morgan fingerprint density at radius 2 is 2.00 bits per heavy atom. The maximum absolute atomic E-state index is 8.40. The molecule has 0 spiro atoms. The van der Waals surface area contributed by atoms with Crippen LogP contribution in [0.4, 0.5) is 0 Å². The van der Waals surface area contributed by atoms with Crippen molar-refractivity contribution >= 4 is 23.2 Å². The second-order valence-electron chi connectivity index (χ2n) is 1.45. The van der Waals surface area contributed by atoms with Crippen LogP contribution in [0.3, 0.4) is 0 Å². The highest BCUT2D eigenvalue weighted by molar-refractivity contribution is 6.22. The van der Waals surface area contributed by atoms with E-state index in [1.165, 1.54) is 0 Å². The SMILES string of the molecule is CC(Cl)CC(O)Cl. The molecule has 0 bridgehead atoms. The maximum atomic E-state index is 8.40. The molecule has 0 rings (SSSR count). The summed E-state index contributed by atoms with van der Waals surface area (Å²) in [4.78, 5) is 0. The zero-order valence-corrected chi connectivity index (χ0v) is 5.58. The zero-order valence-electron chi connectivity index (χ0n) is 4.06. The van der Waals surface area contributed by atoms with Gasteiger partial charge in [-0.05, 0) is 6.92 Å². The van der Waals surface area contributed by atoms with E-state index in [0.717, 1.165) is 0 Å². The highest BCUT2D eigenvalue weighted by Crippen LogP contribution is 2.06. The van der Waals surface area contributed by atoms with Crippen LogP contribution in [0.5, 0.6) is 0 Å². The fourth-order valence-corrected chi connectivity index (χ4v) is 0.795. The Bertz CT molecular complexity index is 39.0. The van der Waals surface area contributed by atoms with Crippen LogP contribution < -0.4 is 0 Å². The van der Waals surface area contributed by atoms with Gasteiger partial charge in [0.1, 0.15) is 5.56 Å². The van der Waals surface area contributed by atoms with E-state index >= 15 is 0 Å². The molecule has 44 valence electrons. The van der Waals surface area contributed by atoms with Gasteiger partial charge in [0.15, 0.2) is 0 Å². The van der Waals surface area contributed by atoms with Gasteiger partial charge in [-0.1, -0.05) is 11.6 Å². The Morgan fingerprint density at radius 1 is 1.57 bits per heavy atom. The van der Waals surface area contributed by atoms with E-state index in [2.05, 4.69) is 0 Å². The molecule has 3 heteroatoms. The van der Waals surface area contributed by atoms with Crippen LogP contribution in [-0.2, 0) is 0 Å².